The number of hydrogen-bond acceptors (Lipinski definition) is 1. The van der Waals surface area contributed by atoms with Crippen molar-refractivity contribution in [3.63, 3.8) is 0 Å². The average Bonchev–Trinajstić information content (AvgIpc) is 2.15. The number of rotatable bonds is 1. The van der Waals surface area contributed by atoms with Gasteiger partial charge < -0.3 is 0 Å². The van der Waals surface area contributed by atoms with Crippen LogP contribution in [0.2, 0.25) is 0 Å². The van der Waals surface area contributed by atoms with Gasteiger partial charge in [-0.25, -0.2) is 0 Å². The lowest BCUT2D eigenvalue weighted by atomic mass is 10.0. The molecule has 0 aromatic heterocycles. The zero-order chi connectivity index (χ0) is 9.14. The van der Waals surface area contributed by atoms with Crippen molar-refractivity contribution in [3.8, 4) is 0 Å². The highest BCUT2D eigenvalue weighted by molar-refractivity contribution is 5.23. The minimum Gasteiger partial charge on any atom is -0.290 e. The van der Waals surface area contributed by atoms with E-state index in [1.165, 1.54) is 5.56 Å². The van der Waals surface area contributed by atoms with Crippen molar-refractivity contribution in [2.75, 3.05) is 0 Å². The SMILES string of the molecule is Cc1cc(C(C)C)cccc1=O. The zero-order valence-electron chi connectivity index (χ0n) is 7.79. The van der Waals surface area contributed by atoms with Gasteiger partial charge in [-0.15, -0.1) is 0 Å². The second-order valence-electron chi connectivity index (χ2n) is 3.37. The summed E-state index contributed by atoms with van der Waals surface area (Å²) in [5.41, 5.74) is 2.15. The molecular weight excluding hydrogens is 148 g/mol. The van der Waals surface area contributed by atoms with Crippen molar-refractivity contribution in [2.45, 2.75) is 26.7 Å². The number of aryl methyl sites for hydroxylation is 1. The molecule has 0 amide bonds. The monoisotopic (exact) mass is 162 g/mol. The quantitative estimate of drug-likeness (QED) is 0.620. The first-order valence-corrected chi connectivity index (χ1v) is 4.22. The summed E-state index contributed by atoms with van der Waals surface area (Å²) in [4.78, 5) is 11.2. The molecule has 0 spiro atoms. The smallest absolute Gasteiger partial charge is 0.181 e. The summed E-state index contributed by atoms with van der Waals surface area (Å²) in [7, 11) is 0. The lowest BCUT2D eigenvalue weighted by molar-refractivity contribution is 0.867. The van der Waals surface area contributed by atoms with E-state index in [9.17, 15) is 4.79 Å². The van der Waals surface area contributed by atoms with E-state index >= 15 is 0 Å². The Bertz CT molecular complexity index is 326. The first kappa shape index (κ1) is 8.98. The molecular formula is C11H14O. The molecule has 1 heteroatoms. The normalized spacial score (nSPS) is 10.3. The van der Waals surface area contributed by atoms with Crippen LogP contribution in [-0.2, 0) is 0 Å². The molecule has 0 aliphatic heterocycles. The van der Waals surface area contributed by atoms with Crippen molar-refractivity contribution in [2.24, 2.45) is 0 Å². The minimum absolute atomic E-state index is 0.113. The minimum atomic E-state index is 0.113. The van der Waals surface area contributed by atoms with Crippen LogP contribution < -0.4 is 5.43 Å². The van der Waals surface area contributed by atoms with E-state index in [0.717, 1.165) is 5.56 Å². The number of hydrogen-bond donors (Lipinski definition) is 0. The molecule has 0 fully saturated rings. The summed E-state index contributed by atoms with van der Waals surface area (Å²) >= 11 is 0. The maximum absolute atomic E-state index is 11.2. The lowest BCUT2D eigenvalue weighted by Gasteiger charge is -2.00. The van der Waals surface area contributed by atoms with Gasteiger partial charge in [-0.05, 0) is 30.0 Å². The van der Waals surface area contributed by atoms with Crippen molar-refractivity contribution >= 4 is 0 Å². The van der Waals surface area contributed by atoms with Gasteiger partial charge in [0.1, 0.15) is 0 Å². The van der Waals surface area contributed by atoms with Crippen LogP contribution in [0.25, 0.3) is 0 Å². The molecule has 0 aliphatic rings. The molecule has 0 bridgehead atoms. The van der Waals surface area contributed by atoms with E-state index in [1.54, 1.807) is 6.07 Å². The van der Waals surface area contributed by atoms with Gasteiger partial charge >= 0.3 is 0 Å². The van der Waals surface area contributed by atoms with Gasteiger partial charge in [0.25, 0.3) is 0 Å². The Kier molecular flexibility index (Phi) is 2.64. The Morgan fingerprint density at radius 3 is 2.50 bits per heavy atom. The third-order valence-corrected chi connectivity index (χ3v) is 1.97. The van der Waals surface area contributed by atoms with Gasteiger partial charge in [-0.2, -0.15) is 0 Å². The Hall–Kier alpha value is -1.11. The third kappa shape index (κ3) is 1.94. The standard InChI is InChI=1S/C11H14O/c1-8(2)10-5-4-6-11(12)9(3)7-10/h4-8H,1-3H3. The van der Waals surface area contributed by atoms with Gasteiger partial charge in [-0.1, -0.05) is 32.0 Å². The van der Waals surface area contributed by atoms with Crippen LogP contribution in [0.5, 0.6) is 0 Å². The van der Waals surface area contributed by atoms with Crippen LogP contribution in [0.15, 0.2) is 29.1 Å². The molecule has 64 valence electrons. The second-order valence-corrected chi connectivity index (χ2v) is 3.37. The first-order chi connectivity index (χ1) is 5.61. The van der Waals surface area contributed by atoms with Crippen molar-refractivity contribution in [3.05, 3.63) is 45.6 Å². The largest absolute Gasteiger partial charge is 0.290 e. The molecule has 0 atom stereocenters. The summed E-state index contributed by atoms with van der Waals surface area (Å²) in [5, 5.41) is 0. The molecule has 0 N–H and O–H groups in total. The van der Waals surface area contributed by atoms with Crippen molar-refractivity contribution in [1.29, 1.82) is 0 Å². The summed E-state index contributed by atoms with van der Waals surface area (Å²) < 4.78 is 0. The Balaban J connectivity index is 3.31. The van der Waals surface area contributed by atoms with Crippen LogP contribution >= 0.6 is 0 Å². The summed E-state index contributed by atoms with van der Waals surface area (Å²) in [6, 6.07) is 7.40. The molecule has 0 radical (unpaired) electrons. The molecule has 1 aromatic carbocycles. The Labute approximate surface area is 73.1 Å². The predicted molar refractivity (Wildman–Crippen MR) is 51.5 cm³/mol. The molecule has 1 aromatic rings. The van der Waals surface area contributed by atoms with Crippen molar-refractivity contribution in [1.82, 2.24) is 0 Å². The van der Waals surface area contributed by atoms with Crippen LogP contribution in [0.4, 0.5) is 0 Å². The highest BCUT2D eigenvalue weighted by atomic mass is 16.1. The van der Waals surface area contributed by atoms with E-state index in [1.807, 2.05) is 25.1 Å². The van der Waals surface area contributed by atoms with E-state index < -0.39 is 0 Å². The van der Waals surface area contributed by atoms with Gasteiger partial charge in [0.2, 0.25) is 0 Å². The summed E-state index contributed by atoms with van der Waals surface area (Å²) in [5.74, 6) is 0.482. The van der Waals surface area contributed by atoms with Crippen LogP contribution in [-0.4, -0.2) is 0 Å². The first-order valence-electron chi connectivity index (χ1n) is 4.22. The third-order valence-electron chi connectivity index (χ3n) is 1.97. The topological polar surface area (TPSA) is 17.1 Å². The molecule has 0 unspecified atom stereocenters. The van der Waals surface area contributed by atoms with Crippen LogP contribution in [0.1, 0.15) is 30.9 Å². The fraction of sp³-hybridized carbons (Fsp3) is 0.364. The molecule has 12 heavy (non-hydrogen) atoms. The molecule has 1 nitrogen and oxygen atoms in total. The van der Waals surface area contributed by atoms with Crippen molar-refractivity contribution < 1.29 is 0 Å². The molecule has 1 rings (SSSR count). The van der Waals surface area contributed by atoms with Gasteiger partial charge in [0, 0.05) is 0 Å². The highest BCUT2D eigenvalue weighted by Crippen LogP contribution is 2.12. The summed E-state index contributed by atoms with van der Waals surface area (Å²) in [6.07, 6.45) is 0. The predicted octanol–water partition coefficient (Wildman–Crippen LogP) is 2.48. The van der Waals surface area contributed by atoms with Crippen LogP contribution in [0, 0.1) is 6.92 Å². The fourth-order valence-electron chi connectivity index (χ4n) is 1.11. The molecule has 0 saturated carbocycles. The van der Waals surface area contributed by atoms with E-state index in [-0.39, 0.29) is 5.43 Å². The Morgan fingerprint density at radius 1 is 1.25 bits per heavy atom. The molecule has 0 aliphatic carbocycles. The van der Waals surface area contributed by atoms with E-state index in [0.29, 0.717) is 5.92 Å². The van der Waals surface area contributed by atoms with E-state index in [4.69, 9.17) is 0 Å². The average molecular weight is 162 g/mol. The van der Waals surface area contributed by atoms with Gasteiger partial charge in [0.15, 0.2) is 5.43 Å². The molecule has 0 saturated heterocycles. The Morgan fingerprint density at radius 2 is 1.92 bits per heavy atom. The maximum Gasteiger partial charge on any atom is 0.181 e. The highest BCUT2D eigenvalue weighted by Gasteiger charge is 1.97. The van der Waals surface area contributed by atoms with Crippen LogP contribution in [0.3, 0.4) is 0 Å². The van der Waals surface area contributed by atoms with E-state index in [2.05, 4.69) is 13.8 Å². The van der Waals surface area contributed by atoms with Gasteiger partial charge in [0.05, 0.1) is 0 Å². The second kappa shape index (κ2) is 3.53. The maximum atomic E-state index is 11.2. The molecule has 0 heterocycles. The van der Waals surface area contributed by atoms with Gasteiger partial charge in [-0.3, -0.25) is 4.79 Å². The fourth-order valence-corrected chi connectivity index (χ4v) is 1.11. The zero-order valence-corrected chi connectivity index (χ0v) is 7.79. The summed E-state index contributed by atoms with van der Waals surface area (Å²) in [6.45, 7) is 6.10. The lowest BCUT2D eigenvalue weighted by Crippen LogP contribution is -1.97.